The Morgan fingerprint density at radius 2 is 2.06 bits per heavy atom. The quantitative estimate of drug-likeness (QED) is 0.918. The summed E-state index contributed by atoms with van der Waals surface area (Å²) < 4.78 is 0. The summed E-state index contributed by atoms with van der Waals surface area (Å²) in [5, 5.41) is 10.7. The van der Waals surface area contributed by atoms with E-state index in [2.05, 4.69) is 4.98 Å². The predicted molar refractivity (Wildman–Crippen MR) is 72.0 cm³/mol. The molecule has 1 aromatic carbocycles. The monoisotopic (exact) mass is 263 g/mol. The zero-order valence-corrected chi connectivity index (χ0v) is 11.0. The van der Waals surface area contributed by atoms with Crippen LogP contribution in [0.25, 0.3) is 10.9 Å². The van der Waals surface area contributed by atoms with E-state index < -0.39 is 11.9 Å². The van der Waals surface area contributed by atoms with E-state index in [1.807, 2.05) is 26.0 Å². The van der Waals surface area contributed by atoms with Crippen LogP contribution in [-0.4, -0.2) is 16.1 Å². The van der Waals surface area contributed by atoms with Gasteiger partial charge in [-0.05, 0) is 23.6 Å². The summed E-state index contributed by atoms with van der Waals surface area (Å²) in [6.07, 6.45) is 1.61. The van der Waals surface area contributed by atoms with Crippen molar-refractivity contribution in [2.45, 2.75) is 19.8 Å². The van der Waals surface area contributed by atoms with Crippen molar-refractivity contribution in [3.8, 4) is 0 Å². The number of carboxylic acid groups (broad SMARTS) is 1. The van der Waals surface area contributed by atoms with Crippen LogP contribution in [0.3, 0.4) is 0 Å². The predicted octanol–water partition coefficient (Wildman–Crippen LogP) is 3.71. The largest absolute Gasteiger partial charge is 0.481 e. The smallest absolute Gasteiger partial charge is 0.311 e. The maximum atomic E-state index is 11.4. The van der Waals surface area contributed by atoms with Crippen LogP contribution in [0.15, 0.2) is 30.5 Å². The standard InChI is InChI=1S/C14H14ClNO2/c1-8(2)12(14(17)18)9-6-7-16-13-10(9)4-3-5-11(13)15/h3-8,12H,1-2H3,(H,17,18). The third-order valence-corrected chi connectivity index (χ3v) is 3.33. The van der Waals surface area contributed by atoms with Gasteiger partial charge in [0.05, 0.1) is 16.5 Å². The number of hydrogen-bond acceptors (Lipinski definition) is 2. The van der Waals surface area contributed by atoms with Gasteiger partial charge in [0.2, 0.25) is 0 Å². The van der Waals surface area contributed by atoms with Crippen molar-refractivity contribution in [2.75, 3.05) is 0 Å². The Kier molecular flexibility index (Phi) is 3.53. The molecule has 0 saturated heterocycles. The van der Waals surface area contributed by atoms with Crippen LogP contribution in [0.4, 0.5) is 0 Å². The lowest BCUT2D eigenvalue weighted by atomic mass is 9.87. The highest BCUT2D eigenvalue weighted by molar-refractivity contribution is 6.35. The molecular formula is C14H14ClNO2. The molecule has 3 nitrogen and oxygen atoms in total. The van der Waals surface area contributed by atoms with Gasteiger partial charge < -0.3 is 5.11 Å². The van der Waals surface area contributed by atoms with Gasteiger partial charge in [0.1, 0.15) is 0 Å². The Hall–Kier alpha value is -1.61. The summed E-state index contributed by atoms with van der Waals surface area (Å²) >= 11 is 6.08. The molecule has 1 heterocycles. The second kappa shape index (κ2) is 4.94. The lowest BCUT2D eigenvalue weighted by Gasteiger charge is -2.18. The highest BCUT2D eigenvalue weighted by Gasteiger charge is 2.25. The fourth-order valence-electron chi connectivity index (χ4n) is 2.21. The van der Waals surface area contributed by atoms with Gasteiger partial charge in [-0.3, -0.25) is 9.78 Å². The average molecular weight is 264 g/mol. The molecule has 0 aliphatic heterocycles. The number of nitrogens with zero attached hydrogens (tertiary/aromatic N) is 1. The van der Waals surface area contributed by atoms with Crippen LogP contribution < -0.4 is 0 Å². The summed E-state index contributed by atoms with van der Waals surface area (Å²) in [6, 6.07) is 7.19. The topological polar surface area (TPSA) is 50.2 Å². The number of fused-ring (bicyclic) bond motifs is 1. The zero-order chi connectivity index (χ0) is 13.3. The Morgan fingerprint density at radius 1 is 1.33 bits per heavy atom. The van der Waals surface area contributed by atoms with Gasteiger partial charge in [-0.25, -0.2) is 0 Å². The van der Waals surface area contributed by atoms with Crippen LogP contribution in [0.2, 0.25) is 5.02 Å². The molecule has 4 heteroatoms. The van der Waals surface area contributed by atoms with Gasteiger partial charge >= 0.3 is 5.97 Å². The number of hydrogen-bond donors (Lipinski definition) is 1. The van der Waals surface area contributed by atoms with Gasteiger partial charge in [0.25, 0.3) is 0 Å². The molecule has 1 aromatic heterocycles. The van der Waals surface area contributed by atoms with Crippen LogP contribution >= 0.6 is 11.6 Å². The van der Waals surface area contributed by atoms with Gasteiger partial charge in [-0.15, -0.1) is 0 Å². The van der Waals surface area contributed by atoms with E-state index in [0.29, 0.717) is 10.5 Å². The summed E-state index contributed by atoms with van der Waals surface area (Å²) in [4.78, 5) is 15.6. The molecule has 0 bridgehead atoms. The third kappa shape index (κ3) is 2.18. The molecule has 1 unspecified atom stereocenters. The van der Waals surface area contributed by atoms with Crippen molar-refractivity contribution in [3.05, 3.63) is 41.0 Å². The summed E-state index contributed by atoms with van der Waals surface area (Å²) in [7, 11) is 0. The molecule has 0 radical (unpaired) electrons. The van der Waals surface area contributed by atoms with Gasteiger partial charge in [0.15, 0.2) is 0 Å². The first kappa shape index (κ1) is 12.8. The number of aromatic nitrogens is 1. The van der Waals surface area contributed by atoms with E-state index in [1.54, 1.807) is 18.3 Å². The SMILES string of the molecule is CC(C)C(C(=O)O)c1ccnc2c(Cl)cccc12. The Balaban J connectivity index is 2.71. The minimum atomic E-state index is -0.822. The maximum Gasteiger partial charge on any atom is 0.311 e. The fourth-order valence-corrected chi connectivity index (χ4v) is 2.43. The molecule has 0 aliphatic rings. The highest BCUT2D eigenvalue weighted by Crippen LogP contribution is 2.32. The van der Waals surface area contributed by atoms with Crippen LogP contribution in [0.1, 0.15) is 25.3 Å². The molecule has 0 fully saturated rings. The molecule has 0 amide bonds. The summed E-state index contributed by atoms with van der Waals surface area (Å²) in [5.41, 5.74) is 1.42. The van der Waals surface area contributed by atoms with Gasteiger partial charge in [-0.1, -0.05) is 37.6 Å². The van der Waals surface area contributed by atoms with Crippen molar-refractivity contribution in [1.29, 1.82) is 0 Å². The van der Waals surface area contributed by atoms with E-state index in [0.717, 1.165) is 10.9 Å². The number of para-hydroxylation sites is 1. The average Bonchev–Trinajstić information content (AvgIpc) is 2.29. The number of carboxylic acids is 1. The Morgan fingerprint density at radius 3 is 2.67 bits per heavy atom. The molecule has 1 N–H and O–H groups in total. The molecule has 2 rings (SSSR count). The normalized spacial score (nSPS) is 12.9. The van der Waals surface area contributed by atoms with Crippen LogP contribution in [-0.2, 0) is 4.79 Å². The summed E-state index contributed by atoms with van der Waals surface area (Å²) in [5.74, 6) is -1.36. The van der Waals surface area contributed by atoms with Gasteiger partial charge in [-0.2, -0.15) is 0 Å². The molecule has 1 atom stereocenters. The molecule has 0 saturated carbocycles. The first-order chi connectivity index (χ1) is 8.52. The molecule has 2 aromatic rings. The molecule has 0 aliphatic carbocycles. The molecule has 0 spiro atoms. The highest BCUT2D eigenvalue weighted by atomic mass is 35.5. The molecular weight excluding hydrogens is 250 g/mol. The lowest BCUT2D eigenvalue weighted by Crippen LogP contribution is -2.17. The second-order valence-electron chi connectivity index (χ2n) is 4.60. The fraction of sp³-hybridized carbons (Fsp3) is 0.286. The van der Waals surface area contributed by atoms with E-state index in [1.165, 1.54) is 0 Å². The van der Waals surface area contributed by atoms with E-state index in [-0.39, 0.29) is 5.92 Å². The van der Waals surface area contributed by atoms with Crippen LogP contribution in [0.5, 0.6) is 0 Å². The number of pyridine rings is 1. The number of rotatable bonds is 3. The van der Waals surface area contributed by atoms with Crippen molar-refractivity contribution in [2.24, 2.45) is 5.92 Å². The number of aliphatic carboxylic acids is 1. The van der Waals surface area contributed by atoms with E-state index in [9.17, 15) is 9.90 Å². The molecule has 94 valence electrons. The Labute approximate surface area is 110 Å². The molecule has 18 heavy (non-hydrogen) atoms. The maximum absolute atomic E-state index is 11.4. The first-order valence-electron chi connectivity index (χ1n) is 5.78. The second-order valence-corrected chi connectivity index (χ2v) is 5.00. The third-order valence-electron chi connectivity index (χ3n) is 3.02. The van der Waals surface area contributed by atoms with E-state index >= 15 is 0 Å². The zero-order valence-electron chi connectivity index (χ0n) is 10.2. The number of carbonyl (C=O) groups is 1. The van der Waals surface area contributed by atoms with Crippen molar-refractivity contribution >= 4 is 28.5 Å². The Bertz CT molecular complexity index is 595. The minimum absolute atomic E-state index is 0.00656. The van der Waals surface area contributed by atoms with Crippen LogP contribution in [0, 0.1) is 5.92 Å². The summed E-state index contributed by atoms with van der Waals surface area (Å²) in [6.45, 7) is 3.80. The number of benzene rings is 1. The lowest BCUT2D eigenvalue weighted by molar-refractivity contribution is -0.139. The van der Waals surface area contributed by atoms with Crippen molar-refractivity contribution in [1.82, 2.24) is 4.98 Å². The van der Waals surface area contributed by atoms with E-state index in [4.69, 9.17) is 11.6 Å². The first-order valence-corrected chi connectivity index (χ1v) is 6.16. The van der Waals surface area contributed by atoms with Gasteiger partial charge in [0, 0.05) is 11.6 Å². The number of halogens is 1. The van der Waals surface area contributed by atoms with Crippen molar-refractivity contribution < 1.29 is 9.90 Å². The minimum Gasteiger partial charge on any atom is -0.481 e. The van der Waals surface area contributed by atoms with Crippen molar-refractivity contribution in [3.63, 3.8) is 0 Å².